The molecule has 0 unspecified atom stereocenters. The van der Waals surface area contributed by atoms with Gasteiger partial charge in [-0.2, -0.15) is 0 Å². The lowest BCUT2D eigenvalue weighted by Gasteiger charge is -2.17. The van der Waals surface area contributed by atoms with Crippen LogP contribution in [0.3, 0.4) is 0 Å². The summed E-state index contributed by atoms with van der Waals surface area (Å²) in [4.78, 5) is 23.6. The van der Waals surface area contributed by atoms with E-state index in [9.17, 15) is 9.59 Å². The minimum Gasteiger partial charge on any atom is -0.480 e. The van der Waals surface area contributed by atoms with Gasteiger partial charge in [-0.3, -0.25) is 4.79 Å². The van der Waals surface area contributed by atoms with Gasteiger partial charge >= 0.3 is 12.1 Å². The number of hydrogen-bond acceptors (Lipinski definition) is 4. The quantitative estimate of drug-likeness (QED) is 0.788. The first kappa shape index (κ1) is 16.0. The van der Waals surface area contributed by atoms with Gasteiger partial charge in [-0.1, -0.05) is 30.3 Å². The van der Waals surface area contributed by atoms with Crippen molar-refractivity contribution in [2.24, 2.45) is 5.73 Å². The molecule has 0 aromatic heterocycles. The number of carbonyl (C=O) groups excluding carboxylic acids is 1. The maximum atomic E-state index is 11.7. The molecule has 0 spiro atoms. The highest BCUT2D eigenvalue weighted by molar-refractivity contribution is 5.73. The molecular weight excluding hydrogens is 260 g/mol. The first-order valence-corrected chi connectivity index (χ1v) is 6.41. The Morgan fingerprint density at radius 1 is 1.35 bits per heavy atom. The number of benzene rings is 1. The van der Waals surface area contributed by atoms with E-state index in [-0.39, 0.29) is 6.61 Å². The maximum Gasteiger partial charge on any atom is 0.409 e. The van der Waals surface area contributed by atoms with E-state index in [4.69, 9.17) is 15.6 Å². The first-order valence-electron chi connectivity index (χ1n) is 6.41. The van der Waals surface area contributed by atoms with Crippen LogP contribution in [0.2, 0.25) is 0 Å². The van der Waals surface area contributed by atoms with Crippen molar-refractivity contribution in [1.29, 1.82) is 0 Å². The van der Waals surface area contributed by atoms with Crippen molar-refractivity contribution in [3.63, 3.8) is 0 Å². The van der Waals surface area contributed by atoms with Crippen LogP contribution in [-0.2, 0) is 16.1 Å². The van der Waals surface area contributed by atoms with Gasteiger partial charge in [-0.15, -0.1) is 0 Å². The number of aliphatic carboxylic acids is 1. The molecule has 1 aromatic rings. The van der Waals surface area contributed by atoms with Crippen LogP contribution in [0.15, 0.2) is 30.3 Å². The van der Waals surface area contributed by atoms with Gasteiger partial charge in [-0.05, 0) is 18.4 Å². The molecule has 0 aliphatic carbocycles. The second-order valence-electron chi connectivity index (χ2n) is 4.55. The van der Waals surface area contributed by atoms with Gasteiger partial charge in [0.1, 0.15) is 12.6 Å². The lowest BCUT2D eigenvalue weighted by atomic mass is 10.2. The largest absolute Gasteiger partial charge is 0.480 e. The molecule has 1 rings (SSSR count). The molecule has 20 heavy (non-hydrogen) atoms. The third kappa shape index (κ3) is 5.71. The molecular formula is C14H20N2O4. The smallest absolute Gasteiger partial charge is 0.409 e. The van der Waals surface area contributed by atoms with Crippen molar-refractivity contribution in [3.05, 3.63) is 35.9 Å². The molecule has 1 aromatic carbocycles. The molecule has 1 atom stereocenters. The van der Waals surface area contributed by atoms with Crippen LogP contribution in [0, 0.1) is 0 Å². The normalized spacial score (nSPS) is 11.7. The third-order valence-corrected chi connectivity index (χ3v) is 2.84. The number of carboxylic acid groups (broad SMARTS) is 1. The minimum absolute atomic E-state index is 0.221. The fraction of sp³-hybridized carbons (Fsp3) is 0.429. The monoisotopic (exact) mass is 280 g/mol. The number of carboxylic acids is 1. The third-order valence-electron chi connectivity index (χ3n) is 2.84. The molecule has 0 fully saturated rings. The molecule has 3 N–H and O–H groups in total. The summed E-state index contributed by atoms with van der Waals surface area (Å²) in [6, 6.07) is 8.51. The van der Waals surface area contributed by atoms with E-state index in [1.807, 2.05) is 30.3 Å². The Balaban J connectivity index is 2.24. The topological polar surface area (TPSA) is 92.9 Å². The van der Waals surface area contributed by atoms with Gasteiger partial charge in [0.05, 0.1) is 0 Å². The molecule has 110 valence electrons. The number of rotatable bonds is 7. The Hall–Kier alpha value is -2.08. The minimum atomic E-state index is -1.03. The molecule has 0 aliphatic rings. The van der Waals surface area contributed by atoms with Crippen molar-refractivity contribution in [2.75, 3.05) is 13.6 Å². The molecule has 0 saturated heterocycles. The first-order chi connectivity index (χ1) is 9.50. The van der Waals surface area contributed by atoms with E-state index < -0.39 is 18.1 Å². The van der Waals surface area contributed by atoms with E-state index in [0.29, 0.717) is 19.4 Å². The molecule has 0 radical (unpaired) electrons. The zero-order valence-electron chi connectivity index (χ0n) is 11.5. The van der Waals surface area contributed by atoms with Gasteiger partial charge in [0.2, 0.25) is 0 Å². The molecule has 0 heterocycles. The summed E-state index contributed by atoms with van der Waals surface area (Å²) in [6.07, 6.45) is 0.411. The SMILES string of the molecule is CN(CCC[C@H](N)C(=O)O)C(=O)OCc1ccccc1. The summed E-state index contributed by atoms with van der Waals surface area (Å²) in [5, 5.41) is 8.64. The second kappa shape index (κ2) is 8.16. The zero-order chi connectivity index (χ0) is 15.0. The highest BCUT2D eigenvalue weighted by atomic mass is 16.6. The van der Waals surface area contributed by atoms with Crippen LogP contribution in [0.5, 0.6) is 0 Å². The van der Waals surface area contributed by atoms with Crippen molar-refractivity contribution in [1.82, 2.24) is 4.90 Å². The predicted molar refractivity (Wildman–Crippen MR) is 74.1 cm³/mol. The van der Waals surface area contributed by atoms with E-state index >= 15 is 0 Å². The number of nitrogens with zero attached hydrogens (tertiary/aromatic N) is 1. The van der Waals surface area contributed by atoms with Crippen LogP contribution in [0.1, 0.15) is 18.4 Å². The Kier molecular flexibility index (Phi) is 6.52. The Morgan fingerprint density at radius 2 is 2.00 bits per heavy atom. The number of nitrogens with two attached hydrogens (primary N) is 1. The Labute approximate surface area is 118 Å². The van der Waals surface area contributed by atoms with Crippen LogP contribution < -0.4 is 5.73 Å². The number of carbonyl (C=O) groups is 2. The molecule has 6 nitrogen and oxygen atoms in total. The second-order valence-corrected chi connectivity index (χ2v) is 4.55. The zero-order valence-corrected chi connectivity index (χ0v) is 11.5. The average molecular weight is 280 g/mol. The molecule has 6 heteroatoms. The van der Waals surface area contributed by atoms with Crippen LogP contribution in [-0.4, -0.2) is 41.7 Å². The van der Waals surface area contributed by atoms with Gasteiger partial charge in [0.15, 0.2) is 0 Å². The van der Waals surface area contributed by atoms with Crippen LogP contribution in [0.25, 0.3) is 0 Å². The molecule has 1 amide bonds. The highest BCUT2D eigenvalue weighted by Gasteiger charge is 2.13. The highest BCUT2D eigenvalue weighted by Crippen LogP contribution is 2.04. The van der Waals surface area contributed by atoms with Gasteiger partial charge in [0, 0.05) is 13.6 Å². The standard InChI is InChI=1S/C14H20N2O4/c1-16(9-5-8-12(15)13(17)18)14(19)20-10-11-6-3-2-4-7-11/h2-4,6-7,12H,5,8-10,15H2,1H3,(H,17,18)/t12-/m0/s1. The van der Waals surface area contributed by atoms with Crippen LogP contribution >= 0.6 is 0 Å². The van der Waals surface area contributed by atoms with Crippen molar-refractivity contribution in [2.45, 2.75) is 25.5 Å². The summed E-state index contributed by atoms with van der Waals surface area (Å²) >= 11 is 0. The summed E-state index contributed by atoms with van der Waals surface area (Å²) < 4.78 is 5.13. The fourth-order valence-corrected chi connectivity index (χ4v) is 1.59. The maximum absolute atomic E-state index is 11.7. The number of ether oxygens (including phenoxy) is 1. The van der Waals surface area contributed by atoms with Crippen molar-refractivity contribution in [3.8, 4) is 0 Å². The molecule has 0 bridgehead atoms. The summed E-state index contributed by atoms with van der Waals surface area (Å²) in [6.45, 7) is 0.632. The van der Waals surface area contributed by atoms with E-state index in [0.717, 1.165) is 5.56 Å². The predicted octanol–water partition coefficient (Wildman–Crippen LogP) is 1.45. The average Bonchev–Trinajstić information content (AvgIpc) is 2.45. The van der Waals surface area contributed by atoms with E-state index in [1.165, 1.54) is 4.90 Å². The fourth-order valence-electron chi connectivity index (χ4n) is 1.59. The molecule has 0 saturated carbocycles. The number of hydrogen-bond donors (Lipinski definition) is 2. The summed E-state index contributed by atoms with van der Waals surface area (Å²) in [5.74, 6) is -1.03. The van der Waals surface area contributed by atoms with Gasteiger partial charge in [0.25, 0.3) is 0 Å². The Bertz CT molecular complexity index is 436. The number of amides is 1. The van der Waals surface area contributed by atoms with Crippen molar-refractivity contribution < 1.29 is 19.4 Å². The lowest BCUT2D eigenvalue weighted by molar-refractivity contribution is -0.138. The summed E-state index contributed by atoms with van der Waals surface area (Å²) in [7, 11) is 1.61. The van der Waals surface area contributed by atoms with Crippen LogP contribution in [0.4, 0.5) is 4.79 Å². The summed E-state index contributed by atoms with van der Waals surface area (Å²) in [5.41, 5.74) is 6.30. The van der Waals surface area contributed by atoms with Crippen molar-refractivity contribution >= 4 is 12.1 Å². The van der Waals surface area contributed by atoms with E-state index in [1.54, 1.807) is 7.05 Å². The molecule has 0 aliphatic heterocycles. The van der Waals surface area contributed by atoms with E-state index in [2.05, 4.69) is 0 Å². The van der Waals surface area contributed by atoms with Gasteiger partial charge in [-0.25, -0.2) is 4.79 Å². The lowest BCUT2D eigenvalue weighted by Crippen LogP contribution is -2.33. The Morgan fingerprint density at radius 3 is 2.60 bits per heavy atom. The van der Waals surface area contributed by atoms with Gasteiger partial charge < -0.3 is 20.5 Å².